The zero-order chi connectivity index (χ0) is 19.4. The SMILES string of the molecule is CN/C=C(\C=N)c1ccc2c(c1)N(Sc1cccc(C(F)(F)F)c1)CCC2. The minimum absolute atomic E-state index is 0.557. The van der Waals surface area contributed by atoms with E-state index in [2.05, 4.69) is 5.32 Å². The number of hydrogen-bond acceptors (Lipinski definition) is 4. The van der Waals surface area contributed by atoms with E-state index in [0.29, 0.717) is 4.90 Å². The number of rotatable bonds is 5. The van der Waals surface area contributed by atoms with Gasteiger partial charge in [0.05, 0.1) is 11.3 Å². The van der Waals surface area contributed by atoms with Crippen LogP contribution in [0.4, 0.5) is 18.9 Å². The van der Waals surface area contributed by atoms with Gasteiger partial charge in [-0.2, -0.15) is 13.2 Å². The monoisotopic (exact) mass is 391 g/mol. The Hall–Kier alpha value is -2.41. The van der Waals surface area contributed by atoms with Crippen LogP contribution in [0.25, 0.3) is 5.57 Å². The summed E-state index contributed by atoms with van der Waals surface area (Å²) in [5.41, 5.74) is 3.16. The highest BCUT2D eigenvalue weighted by molar-refractivity contribution is 8.00. The molecule has 1 heterocycles. The molecule has 0 saturated heterocycles. The molecular formula is C20H20F3N3S. The number of hydrogen-bond donors (Lipinski definition) is 2. The van der Waals surface area contributed by atoms with Crippen molar-refractivity contribution in [2.24, 2.45) is 0 Å². The molecule has 0 atom stereocenters. The van der Waals surface area contributed by atoms with Gasteiger partial charge in [-0.3, -0.25) is 0 Å². The van der Waals surface area contributed by atoms with Crippen LogP contribution in [0.5, 0.6) is 0 Å². The lowest BCUT2D eigenvalue weighted by Crippen LogP contribution is -2.22. The largest absolute Gasteiger partial charge is 0.416 e. The number of anilines is 1. The fourth-order valence-corrected chi connectivity index (χ4v) is 4.10. The Morgan fingerprint density at radius 3 is 2.74 bits per heavy atom. The fraction of sp³-hybridized carbons (Fsp3) is 0.250. The maximum absolute atomic E-state index is 13.0. The van der Waals surface area contributed by atoms with Gasteiger partial charge in [0, 0.05) is 36.5 Å². The molecule has 0 amide bonds. The lowest BCUT2D eigenvalue weighted by Gasteiger charge is -2.30. The molecule has 1 aliphatic rings. The van der Waals surface area contributed by atoms with Gasteiger partial charge in [0.2, 0.25) is 0 Å². The quantitative estimate of drug-likeness (QED) is 0.531. The second-order valence-electron chi connectivity index (χ2n) is 6.20. The molecule has 3 rings (SSSR count). The molecule has 1 aliphatic heterocycles. The number of alkyl halides is 3. The summed E-state index contributed by atoms with van der Waals surface area (Å²) in [7, 11) is 1.78. The van der Waals surface area contributed by atoms with Gasteiger partial charge < -0.3 is 15.0 Å². The summed E-state index contributed by atoms with van der Waals surface area (Å²) in [5, 5.41) is 10.5. The molecule has 0 fully saturated rings. The van der Waals surface area contributed by atoms with Crippen molar-refractivity contribution < 1.29 is 13.2 Å². The molecule has 142 valence electrons. The van der Waals surface area contributed by atoms with E-state index < -0.39 is 11.7 Å². The molecule has 7 heteroatoms. The van der Waals surface area contributed by atoms with Crippen LogP contribution in [0.15, 0.2) is 53.6 Å². The molecule has 2 N–H and O–H groups in total. The van der Waals surface area contributed by atoms with Crippen molar-refractivity contribution in [3.8, 4) is 0 Å². The van der Waals surface area contributed by atoms with Crippen LogP contribution in [-0.4, -0.2) is 19.8 Å². The van der Waals surface area contributed by atoms with Crippen LogP contribution in [-0.2, 0) is 12.6 Å². The van der Waals surface area contributed by atoms with Gasteiger partial charge in [-0.1, -0.05) is 18.2 Å². The van der Waals surface area contributed by atoms with E-state index >= 15 is 0 Å². The van der Waals surface area contributed by atoms with Gasteiger partial charge in [-0.25, -0.2) is 0 Å². The van der Waals surface area contributed by atoms with Crippen LogP contribution >= 0.6 is 11.9 Å². The Kier molecular flexibility index (Phi) is 5.79. The Bertz CT molecular complexity index is 862. The van der Waals surface area contributed by atoms with Gasteiger partial charge in [-0.15, -0.1) is 0 Å². The van der Waals surface area contributed by atoms with Gasteiger partial charge in [0.1, 0.15) is 0 Å². The summed E-state index contributed by atoms with van der Waals surface area (Å²) in [4.78, 5) is 0.557. The van der Waals surface area contributed by atoms with Gasteiger partial charge in [-0.05, 0) is 60.2 Å². The van der Waals surface area contributed by atoms with Crippen LogP contribution in [0, 0.1) is 5.41 Å². The minimum Gasteiger partial charge on any atom is -0.393 e. The number of halogens is 3. The third-order valence-electron chi connectivity index (χ3n) is 4.33. The van der Waals surface area contributed by atoms with E-state index in [-0.39, 0.29) is 0 Å². The minimum atomic E-state index is -4.35. The predicted molar refractivity (Wildman–Crippen MR) is 105 cm³/mol. The standard InChI is InChI=1S/C20H20F3N3S/c1-25-13-16(12-24)15-8-7-14-4-3-9-26(19(14)10-15)27-18-6-2-5-17(11-18)20(21,22)23/h2,5-8,10-13,24-25H,3-4,9H2,1H3/b16-13+,24-12?. The van der Waals surface area contributed by atoms with Crippen molar-refractivity contribution in [1.29, 1.82) is 5.41 Å². The lowest BCUT2D eigenvalue weighted by atomic mass is 9.98. The van der Waals surface area contributed by atoms with Crippen LogP contribution in [0.1, 0.15) is 23.1 Å². The van der Waals surface area contributed by atoms with Crippen LogP contribution in [0.3, 0.4) is 0 Å². The average Bonchev–Trinajstić information content (AvgIpc) is 2.66. The third kappa shape index (κ3) is 4.47. The molecule has 0 unspecified atom stereocenters. The van der Waals surface area contributed by atoms with E-state index in [9.17, 15) is 13.2 Å². The maximum Gasteiger partial charge on any atom is 0.416 e. The fourth-order valence-electron chi connectivity index (χ4n) is 3.04. The number of fused-ring (bicyclic) bond motifs is 1. The summed E-state index contributed by atoms with van der Waals surface area (Å²) in [6.07, 6.45) is 0.570. The summed E-state index contributed by atoms with van der Waals surface area (Å²) >= 11 is 1.32. The average molecular weight is 391 g/mol. The van der Waals surface area contributed by atoms with Crippen molar-refractivity contribution in [3.05, 3.63) is 65.4 Å². The normalized spacial score (nSPS) is 14.7. The first-order chi connectivity index (χ1) is 12.9. The summed E-state index contributed by atoms with van der Waals surface area (Å²) < 4.78 is 41.0. The predicted octanol–water partition coefficient (Wildman–Crippen LogP) is 5.38. The summed E-state index contributed by atoms with van der Waals surface area (Å²) in [6, 6.07) is 11.4. The topological polar surface area (TPSA) is 39.1 Å². The highest BCUT2D eigenvalue weighted by Crippen LogP contribution is 2.38. The van der Waals surface area contributed by atoms with E-state index in [1.807, 2.05) is 22.5 Å². The zero-order valence-electron chi connectivity index (χ0n) is 14.8. The smallest absolute Gasteiger partial charge is 0.393 e. The molecule has 2 aromatic carbocycles. The van der Waals surface area contributed by atoms with Crippen molar-refractivity contribution in [2.45, 2.75) is 23.9 Å². The lowest BCUT2D eigenvalue weighted by molar-refractivity contribution is -0.137. The zero-order valence-corrected chi connectivity index (χ0v) is 15.6. The molecular weight excluding hydrogens is 371 g/mol. The first-order valence-corrected chi connectivity index (χ1v) is 9.33. The summed E-state index contributed by atoms with van der Waals surface area (Å²) in [5.74, 6) is 0. The molecule has 0 aromatic heterocycles. The van der Waals surface area contributed by atoms with Crippen molar-refractivity contribution in [1.82, 2.24) is 5.32 Å². The Morgan fingerprint density at radius 1 is 1.22 bits per heavy atom. The molecule has 0 aliphatic carbocycles. The molecule has 27 heavy (non-hydrogen) atoms. The van der Waals surface area contributed by atoms with Crippen molar-refractivity contribution in [3.63, 3.8) is 0 Å². The molecule has 3 nitrogen and oxygen atoms in total. The molecule has 0 radical (unpaired) electrons. The van der Waals surface area contributed by atoms with Crippen molar-refractivity contribution in [2.75, 3.05) is 17.9 Å². The van der Waals surface area contributed by atoms with Crippen molar-refractivity contribution >= 4 is 29.4 Å². The van der Waals surface area contributed by atoms with Crippen LogP contribution in [0.2, 0.25) is 0 Å². The van der Waals surface area contributed by atoms with Crippen LogP contribution < -0.4 is 9.62 Å². The van der Waals surface area contributed by atoms with Gasteiger partial charge in [0.15, 0.2) is 0 Å². The second kappa shape index (κ2) is 8.08. The van der Waals surface area contributed by atoms with E-state index in [1.165, 1.54) is 35.9 Å². The van der Waals surface area contributed by atoms with E-state index in [1.54, 1.807) is 19.3 Å². The number of benzene rings is 2. The number of nitrogens with one attached hydrogen (secondary N) is 2. The molecule has 0 bridgehead atoms. The highest BCUT2D eigenvalue weighted by atomic mass is 32.2. The Labute approximate surface area is 160 Å². The first-order valence-electron chi connectivity index (χ1n) is 8.56. The second-order valence-corrected chi connectivity index (χ2v) is 7.29. The molecule has 0 saturated carbocycles. The van der Waals surface area contributed by atoms with Gasteiger partial charge in [0.25, 0.3) is 0 Å². The Balaban J connectivity index is 1.92. The number of nitrogens with zero attached hydrogens (tertiary/aromatic N) is 1. The summed E-state index contributed by atoms with van der Waals surface area (Å²) in [6.45, 7) is 0.757. The Morgan fingerprint density at radius 2 is 2.04 bits per heavy atom. The number of allylic oxidation sites excluding steroid dienone is 1. The molecule has 2 aromatic rings. The van der Waals surface area contributed by atoms with E-state index in [4.69, 9.17) is 5.41 Å². The third-order valence-corrected chi connectivity index (χ3v) is 5.39. The first kappa shape index (κ1) is 19.4. The van der Waals surface area contributed by atoms with Gasteiger partial charge >= 0.3 is 6.18 Å². The number of aryl methyl sites for hydroxylation is 1. The maximum atomic E-state index is 13.0. The molecule has 0 spiro atoms. The highest BCUT2D eigenvalue weighted by Gasteiger charge is 2.30. The van der Waals surface area contributed by atoms with E-state index in [0.717, 1.165) is 42.3 Å².